The van der Waals surface area contributed by atoms with E-state index in [2.05, 4.69) is 53.6 Å². The molecular weight excluding hydrogens is 399 g/mol. The van der Waals surface area contributed by atoms with Crippen LogP contribution in [-0.4, -0.2) is 42.6 Å². The van der Waals surface area contributed by atoms with Crippen molar-refractivity contribution in [3.8, 4) is 0 Å². The largest absolute Gasteiger partial charge is 0.357 e. The first-order chi connectivity index (χ1) is 10.8. The summed E-state index contributed by atoms with van der Waals surface area (Å²) in [6.45, 7) is 8.38. The fourth-order valence-corrected chi connectivity index (χ4v) is 2.97. The maximum atomic E-state index is 4.78. The Morgan fingerprint density at radius 1 is 1.30 bits per heavy atom. The van der Waals surface area contributed by atoms with Gasteiger partial charge in [-0.05, 0) is 44.2 Å². The van der Waals surface area contributed by atoms with Gasteiger partial charge in [-0.1, -0.05) is 24.3 Å². The fraction of sp³-hybridized carbons (Fsp3) is 0.611. The number of nitrogens with zero attached hydrogens (tertiary/aromatic N) is 2. The summed E-state index contributed by atoms with van der Waals surface area (Å²) >= 11 is 0. The first kappa shape index (κ1) is 18.5. The van der Waals surface area contributed by atoms with Crippen molar-refractivity contribution < 1.29 is 0 Å². The molecule has 128 valence electrons. The summed E-state index contributed by atoms with van der Waals surface area (Å²) in [5.74, 6) is 0.981. The smallest absolute Gasteiger partial charge is 0.191 e. The molecule has 0 radical (unpaired) electrons. The predicted octanol–water partition coefficient (Wildman–Crippen LogP) is 2.77. The molecule has 1 saturated carbocycles. The molecule has 5 heteroatoms. The third-order valence-electron chi connectivity index (χ3n) is 4.56. The zero-order chi connectivity index (χ0) is 15.4. The van der Waals surface area contributed by atoms with E-state index in [1.165, 1.54) is 24.0 Å². The number of hydrogen-bond donors (Lipinski definition) is 2. The van der Waals surface area contributed by atoms with Crippen molar-refractivity contribution in [2.75, 3.05) is 19.6 Å². The second-order valence-electron chi connectivity index (χ2n) is 6.48. The number of nitrogens with one attached hydrogen (secondary N) is 2. The third-order valence-corrected chi connectivity index (χ3v) is 4.56. The van der Waals surface area contributed by atoms with E-state index in [4.69, 9.17) is 4.99 Å². The summed E-state index contributed by atoms with van der Waals surface area (Å²) in [5, 5.41) is 6.83. The number of benzene rings is 1. The Morgan fingerprint density at radius 2 is 2.04 bits per heavy atom. The summed E-state index contributed by atoms with van der Waals surface area (Å²) < 4.78 is 0. The zero-order valence-corrected chi connectivity index (χ0v) is 16.5. The molecule has 0 saturated heterocycles. The van der Waals surface area contributed by atoms with Crippen LogP contribution in [0.2, 0.25) is 0 Å². The summed E-state index contributed by atoms with van der Waals surface area (Å²) in [6, 6.07) is 9.94. The molecular formula is C18H29IN4. The lowest BCUT2D eigenvalue weighted by Gasteiger charge is -2.33. The van der Waals surface area contributed by atoms with Gasteiger partial charge in [-0.3, -0.25) is 9.89 Å². The lowest BCUT2D eigenvalue weighted by molar-refractivity contribution is 0.195. The third kappa shape index (κ3) is 5.35. The highest BCUT2D eigenvalue weighted by Crippen LogP contribution is 2.20. The predicted molar refractivity (Wildman–Crippen MR) is 108 cm³/mol. The first-order valence-corrected chi connectivity index (χ1v) is 8.62. The minimum absolute atomic E-state index is 0. The fourth-order valence-electron chi connectivity index (χ4n) is 2.97. The van der Waals surface area contributed by atoms with E-state index in [1.54, 1.807) is 0 Å². The molecule has 1 fully saturated rings. The lowest BCUT2D eigenvalue weighted by Crippen LogP contribution is -2.42. The topological polar surface area (TPSA) is 39.7 Å². The van der Waals surface area contributed by atoms with Gasteiger partial charge in [-0.2, -0.15) is 0 Å². The highest BCUT2D eigenvalue weighted by molar-refractivity contribution is 14.0. The SMILES string of the molecule is CCNC(=NCC(C)N1CCc2ccccc2C1)NC1CC1.I. The van der Waals surface area contributed by atoms with Crippen molar-refractivity contribution in [3.63, 3.8) is 0 Å². The summed E-state index contributed by atoms with van der Waals surface area (Å²) in [4.78, 5) is 7.33. The molecule has 0 aromatic heterocycles. The van der Waals surface area contributed by atoms with Crippen molar-refractivity contribution in [1.82, 2.24) is 15.5 Å². The molecule has 1 unspecified atom stereocenters. The van der Waals surface area contributed by atoms with E-state index in [0.29, 0.717) is 12.1 Å². The average molecular weight is 428 g/mol. The van der Waals surface area contributed by atoms with Gasteiger partial charge >= 0.3 is 0 Å². The quantitative estimate of drug-likeness (QED) is 0.431. The van der Waals surface area contributed by atoms with Crippen LogP contribution >= 0.6 is 24.0 Å². The summed E-state index contributed by atoms with van der Waals surface area (Å²) in [7, 11) is 0. The lowest BCUT2D eigenvalue weighted by atomic mass is 9.99. The number of halogens is 1. The van der Waals surface area contributed by atoms with E-state index in [1.807, 2.05) is 0 Å². The number of hydrogen-bond acceptors (Lipinski definition) is 2. The van der Waals surface area contributed by atoms with Gasteiger partial charge in [0.1, 0.15) is 0 Å². The molecule has 1 atom stereocenters. The molecule has 1 aliphatic heterocycles. The maximum absolute atomic E-state index is 4.78. The molecule has 0 amide bonds. The molecule has 4 nitrogen and oxygen atoms in total. The van der Waals surface area contributed by atoms with Crippen LogP contribution in [0.15, 0.2) is 29.3 Å². The molecule has 1 aliphatic carbocycles. The minimum Gasteiger partial charge on any atom is -0.357 e. The van der Waals surface area contributed by atoms with Crippen LogP contribution in [0.5, 0.6) is 0 Å². The zero-order valence-electron chi connectivity index (χ0n) is 14.2. The molecule has 2 aliphatic rings. The summed E-state index contributed by atoms with van der Waals surface area (Å²) in [5.41, 5.74) is 2.99. The van der Waals surface area contributed by atoms with Gasteiger partial charge in [-0.25, -0.2) is 0 Å². The Bertz CT molecular complexity index is 528. The van der Waals surface area contributed by atoms with Gasteiger partial charge in [-0.15, -0.1) is 24.0 Å². The Labute approximate surface area is 157 Å². The second-order valence-corrected chi connectivity index (χ2v) is 6.48. The molecule has 1 heterocycles. The Kier molecular flexibility index (Phi) is 7.14. The van der Waals surface area contributed by atoms with E-state index in [-0.39, 0.29) is 24.0 Å². The van der Waals surface area contributed by atoms with Crippen molar-refractivity contribution >= 4 is 29.9 Å². The minimum atomic E-state index is 0. The molecule has 2 N–H and O–H groups in total. The van der Waals surface area contributed by atoms with Crippen LogP contribution in [0.4, 0.5) is 0 Å². The first-order valence-electron chi connectivity index (χ1n) is 8.62. The average Bonchev–Trinajstić information content (AvgIpc) is 3.36. The molecule has 3 rings (SSSR count). The van der Waals surface area contributed by atoms with Crippen LogP contribution in [0.25, 0.3) is 0 Å². The Hall–Kier alpha value is -0.820. The maximum Gasteiger partial charge on any atom is 0.191 e. The highest BCUT2D eigenvalue weighted by atomic mass is 127. The van der Waals surface area contributed by atoms with E-state index in [9.17, 15) is 0 Å². The number of aliphatic imine (C=N–C) groups is 1. The van der Waals surface area contributed by atoms with E-state index >= 15 is 0 Å². The summed E-state index contributed by atoms with van der Waals surface area (Å²) in [6.07, 6.45) is 3.72. The number of fused-ring (bicyclic) bond motifs is 1. The number of rotatable bonds is 5. The van der Waals surface area contributed by atoms with Crippen molar-refractivity contribution in [2.24, 2.45) is 4.99 Å². The Balaban J connectivity index is 0.00000192. The van der Waals surface area contributed by atoms with E-state index in [0.717, 1.165) is 38.6 Å². The van der Waals surface area contributed by atoms with Gasteiger partial charge < -0.3 is 10.6 Å². The van der Waals surface area contributed by atoms with Gasteiger partial charge in [0.2, 0.25) is 0 Å². The highest BCUT2D eigenvalue weighted by Gasteiger charge is 2.23. The molecule has 0 bridgehead atoms. The van der Waals surface area contributed by atoms with Crippen LogP contribution < -0.4 is 10.6 Å². The Morgan fingerprint density at radius 3 is 2.74 bits per heavy atom. The van der Waals surface area contributed by atoms with Crippen LogP contribution in [0, 0.1) is 0 Å². The van der Waals surface area contributed by atoms with Gasteiger partial charge in [0.05, 0.1) is 6.54 Å². The normalized spacial score (nSPS) is 19.5. The molecule has 0 spiro atoms. The molecule has 1 aromatic rings. The monoisotopic (exact) mass is 428 g/mol. The van der Waals surface area contributed by atoms with Gasteiger partial charge in [0, 0.05) is 31.7 Å². The van der Waals surface area contributed by atoms with E-state index < -0.39 is 0 Å². The molecule has 1 aromatic carbocycles. The van der Waals surface area contributed by atoms with Crippen LogP contribution in [0.1, 0.15) is 37.8 Å². The van der Waals surface area contributed by atoms with Crippen molar-refractivity contribution in [3.05, 3.63) is 35.4 Å². The van der Waals surface area contributed by atoms with Crippen LogP contribution in [-0.2, 0) is 13.0 Å². The molecule has 23 heavy (non-hydrogen) atoms. The van der Waals surface area contributed by atoms with Crippen LogP contribution in [0.3, 0.4) is 0 Å². The van der Waals surface area contributed by atoms with Gasteiger partial charge in [0.25, 0.3) is 0 Å². The van der Waals surface area contributed by atoms with Gasteiger partial charge in [0.15, 0.2) is 5.96 Å². The second kappa shape index (κ2) is 8.87. The van der Waals surface area contributed by atoms with Crippen molar-refractivity contribution in [2.45, 2.75) is 51.7 Å². The van der Waals surface area contributed by atoms with Crippen molar-refractivity contribution in [1.29, 1.82) is 0 Å². The number of guanidine groups is 1. The standard InChI is InChI=1S/C18H28N4.HI/c1-3-19-18(21-17-8-9-17)20-12-14(2)22-11-10-15-6-4-5-7-16(15)13-22;/h4-7,14,17H,3,8-13H2,1-2H3,(H2,19,20,21);1H.